The van der Waals surface area contributed by atoms with Crippen LogP contribution in [-0.4, -0.2) is 33.9 Å². The van der Waals surface area contributed by atoms with Crippen molar-refractivity contribution in [2.45, 2.75) is 44.1 Å². The van der Waals surface area contributed by atoms with E-state index >= 15 is 0 Å². The van der Waals surface area contributed by atoms with Crippen LogP contribution in [0.2, 0.25) is 0 Å². The predicted molar refractivity (Wildman–Crippen MR) is 91.2 cm³/mol. The fourth-order valence-electron chi connectivity index (χ4n) is 3.55. The van der Waals surface area contributed by atoms with Crippen molar-refractivity contribution >= 4 is 16.9 Å². The van der Waals surface area contributed by atoms with Gasteiger partial charge in [0.2, 0.25) is 0 Å². The van der Waals surface area contributed by atoms with Gasteiger partial charge in [-0.15, -0.1) is 0 Å². The average molecular weight is 329 g/mol. The Balaban J connectivity index is 1.73. The number of rotatable bonds is 5. The summed E-state index contributed by atoms with van der Waals surface area (Å²) in [7, 11) is 1.64. The third-order valence-corrected chi connectivity index (χ3v) is 5.16. The quantitative estimate of drug-likeness (QED) is 0.880. The number of methoxy groups -OCH3 is 1. The summed E-state index contributed by atoms with van der Waals surface area (Å²) in [4.78, 5) is 15.4. The number of pyridine rings is 1. The fourth-order valence-corrected chi connectivity index (χ4v) is 3.55. The summed E-state index contributed by atoms with van der Waals surface area (Å²) in [5.74, 6) is -0.266. The van der Waals surface area contributed by atoms with Gasteiger partial charge in [0.25, 0.3) is 0 Å². The van der Waals surface area contributed by atoms with Crippen molar-refractivity contribution in [2.24, 2.45) is 5.92 Å². The average Bonchev–Trinajstić information content (AvgIpc) is 2.60. The van der Waals surface area contributed by atoms with E-state index in [1.165, 1.54) is 0 Å². The monoisotopic (exact) mass is 329 g/mol. The summed E-state index contributed by atoms with van der Waals surface area (Å²) in [5.41, 5.74) is 1.28. The Kier molecular flexibility index (Phi) is 4.71. The Hall–Kier alpha value is -2.14. The van der Waals surface area contributed by atoms with E-state index in [0.29, 0.717) is 32.1 Å². The summed E-state index contributed by atoms with van der Waals surface area (Å²) >= 11 is 0. The van der Waals surface area contributed by atoms with Crippen LogP contribution in [0.25, 0.3) is 10.9 Å². The number of carboxylic acid groups (broad SMARTS) is 1. The maximum Gasteiger partial charge on any atom is 0.306 e. The van der Waals surface area contributed by atoms with E-state index in [1.54, 1.807) is 13.3 Å². The first-order valence-corrected chi connectivity index (χ1v) is 8.37. The first-order valence-electron chi connectivity index (χ1n) is 8.37. The molecule has 0 radical (unpaired) electrons. The summed E-state index contributed by atoms with van der Waals surface area (Å²) in [6, 6.07) is 7.78. The lowest BCUT2D eigenvalue weighted by Gasteiger charge is -2.34. The van der Waals surface area contributed by atoms with Gasteiger partial charge in [-0.2, -0.15) is 0 Å². The molecule has 1 aromatic carbocycles. The molecule has 0 bridgehead atoms. The van der Waals surface area contributed by atoms with E-state index in [0.717, 1.165) is 28.6 Å². The van der Waals surface area contributed by atoms with Gasteiger partial charge < -0.3 is 14.9 Å². The lowest BCUT2D eigenvalue weighted by molar-refractivity contribution is -0.144. The van der Waals surface area contributed by atoms with Crippen molar-refractivity contribution in [3.05, 3.63) is 36.0 Å². The zero-order chi connectivity index (χ0) is 17.2. The molecule has 2 N–H and O–H groups in total. The van der Waals surface area contributed by atoms with E-state index < -0.39 is 11.6 Å². The summed E-state index contributed by atoms with van der Waals surface area (Å²) in [5, 5.41) is 20.9. The normalized spacial score (nSPS) is 24.0. The second-order valence-electron chi connectivity index (χ2n) is 6.69. The predicted octanol–water partition coefficient (Wildman–Crippen LogP) is 3.18. The SMILES string of the molecule is COc1ccc2nccc(CC[C@]3(O)CC[C@@H](C(=O)O)CC3)c2c1. The van der Waals surface area contributed by atoms with Crippen molar-refractivity contribution in [1.82, 2.24) is 4.98 Å². The van der Waals surface area contributed by atoms with Gasteiger partial charge in [0, 0.05) is 11.6 Å². The maximum atomic E-state index is 11.1. The third-order valence-electron chi connectivity index (χ3n) is 5.16. The van der Waals surface area contributed by atoms with Crippen LogP contribution in [0.1, 0.15) is 37.7 Å². The molecule has 2 aromatic rings. The summed E-state index contributed by atoms with van der Waals surface area (Å²) in [6.07, 6.45) is 5.37. The van der Waals surface area contributed by atoms with Crippen molar-refractivity contribution in [2.75, 3.05) is 7.11 Å². The number of hydrogen-bond acceptors (Lipinski definition) is 4. The lowest BCUT2D eigenvalue weighted by atomic mass is 9.76. The van der Waals surface area contributed by atoms with Crippen LogP contribution >= 0.6 is 0 Å². The van der Waals surface area contributed by atoms with Gasteiger partial charge in [-0.1, -0.05) is 0 Å². The first kappa shape index (κ1) is 16.7. The molecule has 1 heterocycles. The van der Waals surface area contributed by atoms with Gasteiger partial charge in [-0.05, 0) is 68.4 Å². The molecule has 1 saturated carbocycles. The van der Waals surface area contributed by atoms with E-state index in [1.807, 2.05) is 24.3 Å². The molecule has 0 atom stereocenters. The van der Waals surface area contributed by atoms with E-state index in [4.69, 9.17) is 9.84 Å². The van der Waals surface area contributed by atoms with E-state index in [-0.39, 0.29) is 5.92 Å². The smallest absolute Gasteiger partial charge is 0.306 e. The molecule has 3 rings (SSSR count). The molecule has 0 unspecified atom stereocenters. The van der Waals surface area contributed by atoms with Crippen LogP contribution in [-0.2, 0) is 11.2 Å². The van der Waals surface area contributed by atoms with Crippen molar-refractivity contribution in [3.63, 3.8) is 0 Å². The minimum absolute atomic E-state index is 0.309. The highest BCUT2D eigenvalue weighted by Gasteiger charge is 2.35. The molecular weight excluding hydrogens is 306 g/mol. The highest BCUT2D eigenvalue weighted by atomic mass is 16.5. The zero-order valence-corrected chi connectivity index (χ0v) is 13.9. The molecule has 0 aliphatic heterocycles. The number of aryl methyl sites for hydroxylation is 1. The zero-order valence-electron chi connectivity index (χ0n) is 13.9. The Morgan fingerprint density at radius 3 is 2.75 bits per heavy atom. The molecule has 0 spiro atoms. The molecule has 0 amide bonds. The molecule has 1 aliphatic carbocycles. The Labute approximate surface area is 141 Å². The number of benzene rings is 1. The van der Waals surface area contributed by atoms with Crippen LogP contribution in [0.4, 0.5) is 0 Å². The summed E-state index contributed by atoms with van der Waals surface area (Å²) < 4.78 is 5.29. The van der Waals surface area contributed by atoms with Crippen molar-refractivity contribution in [1.29, 1.82) is 0 Å². The van der Waals surface area contributed by atoms with E-state index in [9.17, 15) is 9.90 Å². The second kappa shape index (κ2) is 6.77. The second-order valence-corrected chi connectivity index (χ2v) is 6.69. The van der Waals surface area contributed by atoms with Crippen LogP contribution in [0.3, 0.4) is 0 Å². The number of hydrogen-bond donors (Lipinski definition) is 2. The first-order chi connectivity index (χ1) is 11.5. The number of aliphatic hydroxyl groups is 1. The third kappa shape index (κ3) is 3.51. The van der Waals surface area contributed by atoms with E-state index in [2.05, 4.69) is 4.98 Å². The van der Waals surface area contributed by atoms with Gasteiger partial charge in [0.05, 0.1) is 24.1 Å². The number of carbonyl (C=O) groups is 1. The molecule has 128 valence electrons. The minimum Gasteiger partial charge on any atom is -0.497 e. The van der Waals surface area contributed by atoms with Crippen LogP contribution in [0.5, 0.6) is 5.75 Å². The number of ether oxygens (including phenoxy) is 1. The number of nitrogens with zero attached hydrogens (tertiary/aromatic N) is 1. The molecular formula is C19H23NO4. The fraction of sp³-hybridized carbons (Fsp3) is 0.474. The highest BCUT2D eigenvalue weighted by molar-refractivity contribution is 5.83. The molecule has 5 nitrogen and oxygen atoms in total. The standard InChI is InChI=1S/C19H23NO4/c1-24-15-2-3-17-16(12-15)13(7-11-20-17)4-8-19(23)9-5-14(6-10-19)18(21)22/h2-3,7,11-12,14,23H,4-6,8-10H2,1H3,(H,21,22)/t14-,19+. The topological polar surface area (TPSA) is 79.7 Å². The van der Waals surface area contributed by atoms with Gasteiger partial charge in [-0.3, -0.25) is 9.78 Å². The lowest BCUT2D eigenvalue weighted by Crippen LogP contribution is -2.36. The number of aliphatic carboxylic acids is 1. The number of aromatic nitrogens is 1. The Morgan fingerprint density at radius 2 is 2.08 bits per heavy atom. The van der Waals surface area contributed by atoms with Crippen LogP contribution < -0.4 is 4.74 Å². The van der Waals surface area contributed by atoms with Gasteiger partial charge in [0.1, 0.15) is 5.75 Å². The van der Waals surface area contributed by atoms with Gasteiger partial charge in [0.15, 0.2) is 0 Å². The molecule has 0 saturated heterocycles. The molecule has 5 heteroatoms. The van der Waals surface area contributed by atoms with Gasteiger partial charge >= 0.3 is 5.97 Å². The number of fused-ring (bicyclic) bond motifs is 1. The van der Waals surface area contributed by atoms with Crippen molar-refractivity contribution in [3.8, 4) is 5.75 Å². The maximum absolute atomic E-state index is 11.1. The Bertz CT molecular complexity index is 735. The van der Waals surface area contributed by atoms with Crippen LogP contribution in [0.15, 0.2) is 30.5 Å². The van der Waals surface area contributed by atoms with Crippen LogP contribution in [0, 0.1) is 5.92 Å². The minimum atomic E-state index is -0.763. The summed E-state index contributed by atoms with van der Waals surface area (Å²) in [6.45, 7) is 0. The molecule has 1 aromatic heterocycles. The Morgan fingerprint density at radius 1 is 1.33 bits per heavy atom. The van der Waals surface area contributed by atoms with Gasteiger partial charge in [-0.25, -0.2) is 0 Å². The highest BCUT2D eigenvalue weighted by Crippen LogP contribution is 2.36. The largest absolute Gasteiger partial charge is 0.497 e. The molecule has 24 heavy (non-hydrogen) atoms. The molecule has 1 aliphatic rings. The van der Waals surface area contributed by atoms with Crippen molar-refractivity contribution < 1.29 is 19.7 Å². The molecule has 1 fully saturated rings. The number of carboxylic acids is 1.